The van der Waals surface area contributed by atoms with E-state index in [1.165, 1.54) is 26.4 Å². The molecular weight excluding hydrogens is 320 g/mol. The smallest absolute Gasteiger partial charge is 0.345 e. The molecule has 2 aliphatic rings. The molecule has 0 fully saturated rings. The van der Waals surface area contributed by atoms with Crippen LogP contribution >= 0.6 is 0 Å². The van der Waals surface area contributed by atoms with Crippen molar-refractivity contribution in [2.24, 2.45) is 0 Å². The number of hydrogen-bond acceptors (Lipinski definition) is 8. The van der Waals surface area contributed by atoms with Crippen molar-refractivity contribution in [2.45, 2.75) is 13.2 Å². The number of methoxy groups -OCH3 is 2. The normalized spacial score (nSPS) is 18.8. The van der Waals surface area contributed by atoms with Gasteiger partial charge in [-0.15, -0.1) is 0 Å². The number of allylic oxidation sites excluding steroid dienone is 2. The molecule has 0 bridgehead atoms. The molecule has 0 spiro atoms. The fourth-order valence-electron chi connectivity index (χ4n) is 2.69. The van der Waals surface area contributed by atoms with E-state index in [1.54, 1.807) is 6.92 Å². The average molecular weight is 334 g/mol. The van der Waals surface area contributed by atoms with Gasteiger partial charge < -0.3 is 29.2 Å². The fraction of sp³-hybridized carbons (Fsp3) is 0.250. The Labute approximate surface area is 136 Å². The number of benzene rings is 1. The van der Waals surface area contributed by atoms with Crippen LogP contribution in [0.1, 0.15) is 33.2 Å². The Morgan fingerprint density at radius 1 is 1.29 bits per heavy atom. The summed E-state index contributed by atoms with van der Waals surface area (Å²) in [4.78, 5) is 24.3. The van der Waals surface area contributed by atoms with E-state index in [-0.39, 0.29) is 45.3 Å². The van der Waals surface area contributed by atoms with Crippen molar-refractivity contribution in [2.75, 3.05) is 14.2 Å². The molecule has 0 radical (unpaired) electrons. The van der Waals surface area contributed by atoms with Gasteiger partial charge in [0.1, 0.15) is 34.1 Å². The van der Waals surface area contributed by atoms with Crippen molar-refractivity contribution in [1.29, 1.82) is 0 Å². The van der Waals surface area contributed by atoms with Crippen molar-refractivity contribution in [3.63, 3.8) is 0 Å². The minimum Gasteiger partial charge on any atom is -0.507 e. The Bertz CT molecular complexity index is 818. The lowest BCUT2D eigenvalue weighted by Crippen LogP contribution is -2.28. The lowest BCUT2D eigenvalue weighted by molar-refractivity contribution is -0.0339. The summed E-state index contributed by atoms with van der Waals surface area (Å²) in [7, 11) is 2.50. The summed E-state index contributed by atoms with van der Waals surface area (Å²) < 4.78 is 20.4. The van der Waals surface area contributed by atoms with Gasteiger partial charge in [-0.25, -0.2) is 9.59 Å². The van der Waals surface area contributed by atoms with E-state index in [4.69, 9.17) is 18.9 Å². The van der Waals surface area contributed by atoms with Crippen LogP contribution < -0.4 is 9.47 Å². The van der Waals surface area contributed by atoms with Gasteiger partial charge in [-0.2, -0.15) is 0 Å². The number of cyclic esters (lactones) is 1. The lowest BCUT2D eigenvalue weighted by atomic mass is 9.91. The molecule has 0 aliphatic carbocycles. The minimum absolute atomic E-state index is 0.0186. The van der Waals surface area contributed by atoms with Gasteiger partial charge in [0.15, 0.2) is 0 Å². The van der Waals surface area contributed by atoms with Crippen molar-refractivity contribution in [3.8, 4) is 11.5 Å². The van der Waals surface area contributed by atoms with Gasteiger partial charge in [-0.3, -0.25) is 0 Å². The molecule has 0 aromatic heterocycles. The summed E-state index contributed by atoms with van der Waals surface area (Å²) in [5.41, 5.74) is -0.144. The zero-order valence-electron chi connectivity index (χ0n) is 13.1. The van der Waals surface area contributed by atoms with Gasteiger partial charge in [0.2, 0.25) is 6.29 Å². The Morgan fingerprint density at radius 3 is 2.62 bits per heavy atom. The molecule has 0 amide bonds. The van der Waals surface area contributed by atoms with Crippen molar-refractivity contribution in [3.05, 3.63) is 40.4 Å². The Morgan fingerprint density at radius 2 is 2.00 bits per heavy atom. The first-order valence-electron chi connectivity index (χ1n) is 6.91. The highest BCUT2D eigenvalue weighted by molar-refractivity contribution is 6.07. The lowest BCUT2D eigenvalue weighted by Gasteiger charge is -2.27. The van der Waals surface area contributed by atoms with Gasteiger partial charge >= 0.3 is 11.9 Å². The third-order valence-corrected chi connectivity index (χ3v) is 3.69. The third kappa shape index (κ3) is 2.19. The van der Waals surface area contributed by atoms with Crippen molar-refractivity contribution >= 4 is 17.5 Å². The SMILES string of the molecule is COC(=O)c1cc(OC)c2c3c1OC(C)=CC(O)=C3[C@@H](O)OC2=O. The summed E-state index contributed by atoms with van der Waals surface area (Å²) in [5.74, 6) is -1.71. The highest BCUT2D eigenvalue weighted by Crippen LogP contribution is 2.46. The predicted molar refractivity (Wildman–Crippen MR) is 79.7 cm³/mol. The maximum atomic E-state index is 12.2. The molecular formula is C16H14O8. The summed E-state index contributed by atoms with van der Waals surface area (Å²) >= 11 is 0. The molecule has 0 saturated carbocycles. The molecule has 1 aromatic rings. The molecule has 8 nitrogen and oxygen atoms in total. The number of rotatable bonds is 2. The summed E-state index contributed by atoms with van der Waals surface area (Å²) in [5, 5.41) is 20.3. The van der Waals surface area contributed by atoms with Crippen LogP contribution in [-0.4, -0.2) is 42.7 Å². The van der Waals surface area contributed by atoms with Crippen LogP contribution in [0.2, 0.25) is 0 Å². The molecule has 2 heterocycles. The number of aliphatic hydroxyl groups excluding tert-OH is 2. The van der Waals surface area contributed by atoms with Crippen molar-refractivity contribution < 1.29 is 38.7 Å². The molecule has 2 N–H and O–H groups in total. The van der Waals surface area contributed by atoms with Gasteiger partial charge in [-0.05, 0) is 13.0 Å². The van der Waals surface area contributed by atoms with Crippen LogP contribution in [-0.2, 0) is 9.47 Å². The largest absolute Gasteiger partial charge is 0.507 e. The van der Waals surface area contributed by atoms with Crippen LogP contribution in [0.5, 0.6) is 11.5 Å². The Hall–Kier alpha value is -3.00. The second kappa shape index (κ2) is 5.57. The Balaban J connectivity index is 2.47. The first-order chi connectivity index (χ1) is 11.4. The van der Waals surface area contributed by atoms with E-state index in [0.29, 0.717) is 0 Å². The fourth-order valence-corrected chi connectivity index (χ4v) is 2.69. The third-order valence-electron chi connectivity index (χ3n) is 3.69. The molecule has 3 rings (SSSR count). The monoisotopic (exact) mass is 334 g/mol. The highest BCUT2D eigenvalue weighted by atomic mass is 16.6. The molecule has 24 heavy (non-hydrogen) atoms. The highest BCUT2D eigenvalue weighted by Gasteiger charge is 2.40. The van der Waals surface area contributed by atoms with E-state index in [2.05, 4.69) is 0 Å². The van der Waals surface area contributed by atoms with Crippen LogP contribution in [0.25, 0.3) is 5.57 Å². The zero-order valence-corrected chi connectivity index (χ0v) is 13.1. The maximum absolute atomic E-state index is 12.2. The predicted octanol–water partition coefficient (Wildman–Crippen LogP) is 1.54. The van der Waals surface area contributed by atoms with Gasteiger partial charge in [0.25, 0.3) is 0 Å². The van der Waals surface area contributed by atoms with Crippen LogP contribution in [0, 0.1) is 0 Å². The molecule has 0 unspecified atom stereocenters. The van der Waals surface area contributed by atoms with Crippen LogP contribution in [0.15, 0.2) is 23.7 Å². The molecule has 126 valence electrons. The minimum atomic E-state index is -1.72. The van der Waals surface area contributed by atoms with E-state index in [0.717, 1.165) is 0 Å². The number of hydrogen-bond donors (Lipinski definition) is 2. The van der Waals surface area contributed by atoms with Gasteiger partial charge in [0, 0.05) is 11.6 Å². The molecule has 1 atom stereocenters. The summed E-state index contributed by atoms with van der Waals surface area (Å²) in [6.07, 6.45) is -0.471. The number of aliphatic hydroxyl groups is 2. The van der Waals surface area contributed by atoms with E-state index in [9.17, 15) is 19.8 Å². The topological polar surface area (TPSA) is 112 Å². The second-order valence-electron chi connectivity index (χ2n) is 5.11. The molecule has 8 heteroatoms. The molecule has 1 aromatic carbocycles. The first-order valence-corrected chi connectivity index (χ1v) is 6.91. The number of carbonyl (C=O) groups is 2. The standard InChI is InChI=1S/C16H14O8/c1-6-4-8(17)10-12-11(16(20)24-15(10)19)9(21-2)5-7(13(12)23-6)14(18)22-3/h4-5,15,17,19H,1-3H3/t15-/m0/s1. The quantitative estimate of drug-likeness (QED) is 0.783. The number of esters is 2. The second-order valence-corrected chi connectivity index (χ2v) is 5.11. The summed E-state index contributed by atoms with van der Waals surface area (Å²) in [6, 6.07) is 1.28. The molecule has 0 saturated heterocycles. The Kier molecular flexibility index (Phi) is 3.69. The van der Waals surface area contributed by atoms with Gasteiger partial charge in [0.05, 0.1) is 19.8 Å². The average Bonchev–Trinajstić information content (AvgIpc) is 2.66. The van der Waals surface area contributed by atoms with Gasteiger partial charge in [-0.1, -0.05) is 0 Å². The number of carbonyl (C=O) groups excluding carboxylic acids is 2. The zero-order chi connectivity index (χ0) is 17.6. The van der Waals surface area contributed by atoms with E-state index < -0.39 is 18.2 Å². The maximum Gasteiger partial charge on any atom is 0.345 e. The van der Waals surface area contributed by atoms with E-state index >= 15 is 0 Å². The van der Waals surface area contributed by atoms with Crippen molar-refractivity contribution in [1.82, 2.24) is 0 Å². The summed E-state index contributed by atoms with van der Waals surface area (Å²) in [6.45, 7) is 1.54. The first kappa shape index (κ1) is 15.9. The van der Waals surface area contributed by atoms with Crippen LogP contribution in [0.4, 0.5) is 0 Å². The van der Waals surface area contributed by atoms with E-state index in [1.807, 2.05) is 0 Å². The van der Waals surface area contributed by atoms with Crippen LogP contribution in [0.3, 0.4) is 0 Å². The molecule has 2 aliphatic heterocycles. The number of ether oxygens (including phenoxy) is 4.